The lowest BCUT2D eigenvalue weighted by Gasteiger charge is -2.27. The summed E-state index contributed by atoms with van der Waals surface area (Å²) in [4.78, 5) is 0. The third kappa shape index (κ3) is 2.98. The fourth-order valence-corrected chi connectivity index (χ4v) is 3.22. The molecule has 0 radical (unpaired) electrons. The van der Waals surface area contributed by atoms with Gasteiger partial charge < -0.3 is 5.11 Å². The second-order valence-corrected chi connectivity index (χ2v) is 5.71. The Hall–Kier alpha value is -1.74. The van der Waals surface area contributed by atoms with E-state index in [1.807, 2.05) is 12.1 Å². The van der Waals surface area contributed by atoms with Gasteiger partial charge in [-0.3, -0.25) is 0 Å². The maximum atomic E-state index is 13.3. The van der Waals surface area contributed by atoms with Crippen molar-refractivity contribution < 1.29 is 13.9 Å². The Labute approximate surface area is 123 Å². The van der Waals surface area contributed by atoms with Crippen LogP contribution in [0.5, 0.6) is 0 Å². The maximum absolute atomic E-state index is 13.3. The molecule has 1 N–H and O–H groups in total. The van der Waals surface area contributed by atoms with Gasteiger partial charge in [-0.05, 0) is 60.4 Å². The molecule has 0 saturated carbocycles. The molecule has 2 unspecified atom stereocenters. The Kier molecular flexibility index (Phi) is 4.02. The van der Waals surface area contributed by atoms with Crippen molar-refractivity contribution in [3.05, 3.63) is 70.8 Å². The third-order valence-electron chi connectivity index (χ3n) is 4.33. The summed E-state index contributed by atoms with van der Waals surface area (Å²) in [6, 6.07) is 11.9. The second-order valence-electron chi connectivity index (χ2n) is 5.71. The Morgan fingerprint density at radius 1 is 1.10 bits per heavy atom. The fraction of sp³-hybridized carbons (Fsp3) is 0.333. The summed E-state index contributed by atoms with van der Waals surface area (Å²) in [5.41, 5.74) is 3.06. The number of aryl methyl sites for hydroxylation is 1. The second kappa shape index (κ2) is 5.94. The molecule has 0 heterocycles. The highest BCUT2D eigenvalue weighted by atomic mass is 19.2. The number of hydrogen-bond acceptors (Lipinski definition) is 1. The Bertz CT molecular complexity index is 639. The molecule has 1 aliphatic carbocycles. The summed E-state index contributed by atoms with van der Waals surface area (Å²) in [6.07, 6.45) is 2.98. The molecule has 110 valence electrons. The summed E-state index contributed by atoms with van der Waals surface area (Å²) in [7, 11) is 0. The highest BCUT2D eigenvalue weighted by molar-refractivity contribution is 5.33. The maximum Gasteiger partial charge on any atom is 0.159 e. The monoisotopic (exact) mass is 288 g/mol. The lowest BCUT2D eigenvalue weighted by atomic mass is 9.79. The van der Waals surface area contributed by atoms with E-state index in [9.17, 15) is 13.9 Å². The van der Waals surface area contributed by atoms with Crippen LogP contribution in [0.15, 0.2) is 42.5 Å². The van der Waals surface area contributed by atoms with E-state index in [-0.39, 0.29) is 5.92 Å². The largest absolute Gasteiger partial charge is 0.388 e. The lowest BCUT2D eigenvalue weighted by Crippen LogP contribution is -2.13. The van der Waals surface area contributed by atoms with Gasteiger partial charge in [0.25, 0.3) is 0 Å². The van der Waals surface area contributed by atoms with Gasteiger partial charge in [0.1, 0.15) is 0 Å². The first-order valence-corrected chi connectivity index (χ1v) is 7.36. The van der Waals surface area contributed by atoms with Gasteiger partial charge in [-0.2, -0.15) is 0 Å². The first-order valence-electron chi connectivity index (χ1n) is 7.36. The number of fused-ring (bicyclic) bond motifs is 1. The van der Waals surface area contributed by atoms with Gasteiger partial charge in [0, 0.05) is 0 Å². The number of aliphatic hydroxyl groups is 1. The van der Waals surface area contributed by atoms with Crippen LogP contribution >= 0.6 is 0 Å². The van der Waals surface area contributed by atoms with Crippen LogP contribution in [0.2, 0.25) is 0 Å². The van der Waals surface area contributed by atoms with Crippen molar-refractivity contribution in [1.82, 2.24) is 0 Å². The van der Waals surface area contributed by atoms with Crippen molar-refractivity contribution in [2.24, 2.45) is 0 Å². The van der Waals surface area contributed by atoms with E-state index in [1.54, 1.807) is 0 Å². The van der Waals surface area contributed by atoms with Crippen LogP contribution < -0.4 is 0 Å². The molecule has 2 aromatic rings. The smallest absolute Gasteiger partial charge is 0.159 e. The molecule has 1 aliphatic rings. The number of rotatable bonds is 3. The number of hydrogen-bond donors (Lipinski definition) is 1. The molecule has 2 atom stereocenters. The molecular formula is C18H18F2O. The molecule has 0 spiro atoms. The predicted octanol–water partition coefficient (Wildman–Crippen LogP) is 4.51. The van der Waals surface area contributed by atoms with Gasteiger partial charge in [-0.15, -0.1) is 0 Å². The average molecular weight is 288 g/mol. The van der Waals surface area contributed by atoms with Crippen molar-refractivity contribution in [3.8, 4) is 0 Å². The minimum Gasteiger partial charge on any atom is -0.388 e. The fourth-order valence-electron chi connectivity index (χ4n) is 3.22. The minimum absolute atomic E-state index is 0.276. The van der Waals surface area contributed by atoms with Gasteiger partial charge >= 0.3 is 0 Å². The normalized spacial score (nSPS) is 19.1. The van der Waals surface area contributed by atoms with Crippen molar-refractivity contribution >= 4 is 0 Å². The number of aliphatic hydroxyl groups excluding tert-OH is 1. The van der Waals surface area contributed by atoms with Crippen molar-refractivity contribution in [2.45, 2.75) is 37.7 Å². The van der Waals surface area contributed by atoms with Gasteiger partial charge in [-0.1, -0.05) is 30.3 Å². The first kappa shape index (κ1) is 14.2. The highest BCUT2D eigenvalue weighted by Crippen LogP contribution is 2.37. The highest BCUT2D eigenvalue weighted by Gasteiger charge is 2.23. The summed E-state index contributed by atoms with van der Waals surface area (Å²) in [6.45, 7) is 0. The van der Waals surface area contributed by atoms with E-state index in [4.69, 9.17) is 0 Å². The summed E-state index contributed by atoms with van der Waals surface area (Å²) in [5, 5.41) is 10.3. The SMILES string of the molecule is OC(CC1CCCc2ccccc21)c1ccc(F)c(F)c1. The van der Waals surface area contributed by atoms with E-state index in [2.05, 4.69) is 12.1 Å². The topological polar surface area (TPSA) is 20.2 Å². The van der Waals surface area contributed by atoms with Crippen molar-refractivity contribution in [1.29, 1.82) is 0 Å². The molecule has 0 bridgehead atoms. The van der Waals surface area contributed by atoms with E-state index in [0.29, 0.717) is 12.0 Å². The molecule has 21 heavy (non-hydrogen) atoms. The van der Waals surface area contributed by atoms with Crippen LogP contribution in [0.4, 0.5) is 8.78 Å². The summed E-state index contributed by atoms with van der Waals surface area (Å²) >= 11 is 0. The Balaban J connectivity index is 1.79. The van der Waals surface area contributed by atoms with E-state index in [1.165, 1.54) is 17.2 Å². The van der Waals surface area contributed by atoms with Crippen LogP contribution in [0.25, 0.3) is 0 Å². The standard InChI is InChI=1S/C18H18F2O/c19-16-9-8-14(10-17(16)20)18(21)11-13-6-3-5-12-4-1-2-7-15(12)13/h1-2,4,7-10,13,18,21H,3,5-6,11H2. The molecule has 3 heteroatoms. The minimum atomic E-state index is -0.907. The molecule has 0 aromatic heterocycles. The van der Waals surface area contributed by atoms with Crippen LogP contribution in [-0.4, -0.2) is 5.11 Å². The van der Waals surface area contributed by atoms with E-state index in [0.717, 1.165) is 31.4 Å². The number of halogens is 2. The zero-order chi connectivity index (χ0) is 14.8. The molecule has 0 amide bonds. The summed E-state index contributed by atoms with van der Waals surface area (Å²) in [5.74, 6) is -1.51. The lowest BCUT2D eigenvalue weighted by molar-refractivity contribution is 0.153. The third-order valence-corrected chi connectivity index (χ3v) is 4.33. The molecule has 0 aliphatic heterocycles. The zero-order valence-electron chi connectivity index (χ0n) is 11.7. The number of benzene rings is 2. The summed E-state index contributed by atoms with van der Waals surface area (Å²) < 4.78 is 26.2. The van der Waals surface area contributed by atoms with Crippen LogP contribution in [-0.2, 0) is 6.42 Å². The van der Waals surface area contributed by atoms with Crippen LogP contribution in [0.3, 0.4) is 0 Å². The zero-order valence-corrected chi connectivity index (χ0v) is 11.7. The molecule has 3 rings (SSSR count). The van der Waals surface area contributed by atoms with Gasteiger partial charge in [0.05, 0.1) is 6.10 Å². The molecule has 2 aromatic carbocycles. The van der Waals surface area contributed by atoms with E-state index < -0.39 is 17.7 Å². The van der Waals surface area contributed by atoms with Gasteiger partial charge in [-0.25, -0.2) is 8.78 Å². The first-order chi connectivity index (χ1) is 10.1. The Morgan fingerprint density at radius 2 is 1.90 bits per heavy atom. The predicted molar refractivity (Wildman–Crippen MR) is 78.1 cm³/mol. The molecule has 0 saturated heterocycles. The van der Waals surface area contributed by atoms with Crippen LogP contribution in [0.1, 0.15) is 48.0 Å². The molecule has 1 nitrogen and oxygen atoms in total. The quantitative estimate of drug-likeness (QED) is 0.881. The van der Waals surface area contributed by atoms with E-state index >= 15 is 0 Å². The molecular weight excluding hydrogens is 270 g/mol. The van der Waals surface area contributed by atoms with Crippen LogP contribution in [0, 0.1) is 11.6 Å². The van der Waals surface area contributed by atoms with Gasteiger partial charge in [0.2, 0.25) is 0 Å². The van der Waals surface area contributed by atoms with Crippen molar-refractivity contribution in [3.63, 3.8) is 0 Å². The molecule has 0 fully saturated rings. The average Bonchev–Trinajstić information content (AvgIpc) is 2.50. The van der Waals surface area contributed by atoms with Gasteiger partial charge in [0.15, 0.2) is 11.6 Å². The Morgan fingerprint density at radius 3 is 2.71 bits per heavy atom. The van der Waals surface area contributed by atoms with Crippen molar-refractivity contribution in [2.75, 3.05) is 0 Å².